The first-order valence-electron chi connectivity index (χ1n) is 6.18. The molecule has 1 aromatic heterocycles. The third-order valence-electron chi connectivity index (χ3n) is 3.34. The predicted octanol–water partition coefficient (Wildman–Crippen LogP) is 1.17. The van der Waals surface area contributed by atoms with Crippen LogP contribution >= 0.6 is 0 Å². The van der Waals surface area contributed by atoms with Crippen LogP contribution in [0.1, 0.15) is 12.8 Å². The van der Waals surface area contributed by atoms with E-state index in [1.54, 1.807) is 6.20 Å². The van der Waals surface area contributed by atoms with Crippen molar-refractivity contribution >= 4 is 22.5 Å². The fraction of sp³-hybridized carbons (Fsp3) is 0.385. The maximum Gasteiger partial charge on any atom is 0.147 e. The normalized spacial score (nSPS) is 17.3. The Bertz CT molecular complexity index is 564. The predicted molar refractivity (Wildman–Crippen MR) is 71.4 cm³/mol. The van der Waals surface area contributed by atoms with E-state index in [2.05, 4.69) is 14.9 Å². The van der Waals surface area contributed by atoms with Crippen LogP contribution in [0, 0.1) is 0 Å². The van der Waals surface area contributed by atoms with Gasteiger partial charge in [0.2, 0.25) is 0 Å². The lowest BCUT2D eigenvalue weighted by Crippen LogP contribution is -2.36. The minimum absolute atomic E-state index is 0.172. The largest absolute Gasteiger partial charge is 0.399 e. The highest BCUT2D eigenvalue weighted by Crippen LogP contribution is 2.20. The van der Waals surface area contributed by atoms with Crippen molar-refractivity contribution in [2.75, 3.05) is 23.7 Å². The third kappa shape index (κ3) is 2.09. The molecule has 1 aliphatic rings. The molecule has 5 nitrogen and oxygen atoms in total. The topological polar surface area (TPSA) is 75.3 Å². The average Bonchev–Trinajstić information content (AvgIpc) is 2.39. The fourth-order valence-corrected chi connectivity index (χ4v) is 2.27. The van der Waals surface area contributed by atoms with E-state index in [9.17, 15) is 5.11 Å². The zero-order chi connectivity index (χ0) is 12.5. The smallest absolute Gasteiger partial charge is 0.147 e. The summed E-state index contributed by atoms with van der Waals surface area (Å²) < 4.78 is 0. The Labute approximate surface area is 105 Å². The third-order valence-corrected chi connectivity index (χ3v) is 3.34. The van der Waals surface area contributed by atoms with Gasteiger partial charge in [0.05, 0.1) is 23.3 Å². The molecule has 1 fully saturated rings. The molecular formula is C13H16N4O. The summed E-state index contributed by atoms with van der Waals surface area (Å²) in [5, 5.41) is 9.50. The van der Waals surface area contributed by atoms with Crippen molar-refractivity contribution in [1.29, 1.82) is 0 Å². The van der Waals surface area contributed by atoms with E-state index in [0.717, 1.165) is 42.8 Å². The maximum absolute atomic E-state index is 9.50. The number of piperidine rings is 1. The molecule has 0 aliphatic carbocycles. The number of fused-ring (bicyclic) bond motifs is 1. The van der Waals surface area contributed by atoms with Crippen LogP contribution in [-0.2, 0) is 0 Å². The number of hydrogen-bond acceptors (Lipinski definition) is 5. The highest BCUT2D eigenvalue weighted by atomic mass is 16.3. The van der Waals surface area contributed by atoms with E-state index >= 15 is 0 Å². The van der Waals surface area contributed by atoms with Crippen molar-refractivity contribution in [3.8, 4) is 0 Å². The first-order chi connectivity index (χ1) is 8.72. The molecule has 2 heterocycles. The Morgan fingerprint density at radius 3 is 2.78 bits per heavy atom. The van der Waals surface area contributed by atoms with Gasteiger partial charge in [0.15, 0.2) is 0 Å². The van der Waals surface area contributed by atoms with Gasteiger partial charge in [0.25, 0.3) is 0 Å². The van der Waals surface area contributed by atoms with Crippen molar-refractivity contribution in [1.82, 2.24) is 9.97 Å². The summed E-state index contributed by atoms with van der Waals surface area (Å²) >= 11 is 0. The molecule has 0 radical (unpaired) electrons. The molecule has 1 aliphatic heterocycles. The average molecular weight is 244 g/mol. The van der Waals surface area contributed by atoms with Gasteiger partial charge < -0.3 is 15.7 Å². The Morgan fingerprint density at radius 1 is 1.22 bits per heavy atom. The first kappa shape index (κ1) is 11.2. The standard InChI is InChI=1S/C13H16N4O/c14-9-1-2-11-12(7-9)15-8-13(16-11)17-5-3-10(18)4-6-17/h1-2,7-8,10,18H,3-6,14H2. The highest BCUT2D eigenvalue weighted by molar-refractivity contribution is 5.79. The van der Waals surface area contributed by atoms with Gasteiger partial charge in [-0.15, -0.1) is 0 Å². The van der Waals surface area contributed by atoms with Crippen LogP contribution in [0.15, 0.2) is 24.4 Å². The number of aromatic nitrogens is 2. The lowest BCUT2D eigenvalue weighted by Gasteiger charge is -2.30. The molecule has 3 rings (SSSR count). The van der Waals surface area contributed by atoms with E-state index in [-0.39, 0.29) is 6.10 Å². The van der Waals surface area contributed by atoms with Gasteiger partial charge in [0.1, 0.15) is 5.82 Å². The van der Waals surface area contributed by atoms with Crippen LogP contribution in [0.3, 0.4) is 0 Å². The van der Waals surface area contributed by atoms with E-state index < -0.39 is 0 Å². The molecule has 0 amide bonds. The number of anilines is 2. The van der Waals surface area contributed by atoms with Crippen molar-refractivity contribution in [2.45, 2.75) is 18.9 Å². The van der Waals surface area contributed by atoms with Gasteiger partial charge in [-0.05, 0) is 31.0 Å². The molecule has 3 N–H and O–H groups in total. The number of nitrogens with zero attached hydrogens (tertiary/aromatic N) is 3. The van der Waals surface area contributed by atoms with Crippen LogP contribution in [0.5, 0.6) is 0 Å². The minimum Gasteiger partial charge on any atom is -0.399 e. The van der Waals surface area contributed by atoms with Gasteiger partial charge in [-0.1, -0.05) is 0 Å². The van der Waals surface area contributed by atoms with Crippen molar-refractivity contribution < 1.29 is 5.11 Å². The summed E-state index contributed by atoms with van der Waals surface area (Å²) in [4.78, 5) is 11.1. The zero-order valence-corrected chi connectivity index (χ0v) is 10.1. The molecule has 0 unspecified atom stereocenters. The highest BCUT2D eigenvalue weighted by Gasteiger charge is 2.18. The van der Waals surface area contributed by atoms with Gasteiger partial charge in [0, 0.05) is 18.8 Å². The summed E-state index contributed by atoms with van der Waals surface area (Å²) in [6.45, 7) is 1.66. The number of aliphatic hydroxyl groups is 1. The Kier molecular flexibility index (Phi) is 2.76. The molecule has 1 saturated heterocycles. The second-order valence-corrected chi connectivity index (χ2v) is 4.69. The van der Waals surface area contributed by atoms with Crippen LogP contribution in [-0.4, -0.2) is 34.3 Å². The lowest BCUT2D eigenvalue weighted by molar-refractivity contribution is 0.145. The van der Waals surface area contributed by atoms with Crippen molar-refractivity contribution in [3.63, 3.8) is 0 Å². The quantitative estimate of drug-likeness (QED) is 0.737. The molecule has 5 heteroatoms. The second kappa shape index (κ2) is 4.42. The summed E-state index contributed by atoms with van der Waals surface area (Å²) in [6.07, 6.45) is 3.19. The molecule has 1 aromatic carbocycles. The number of rotatable bonds is 1. The molecule has 94 valence electrons. The number of aliphatic hydroxyl groups excluding tert-OH is 1. The molecule has 0 atom stereocenters. The minimum atomic E-state index is -0.172. The number of hydrogen-bond donors (Lipinski definition) is 2. The fourth-order valence-electron chi connectivity index (χ4n) is 2.27. The SMILES string of the molecule is Nc1ccc2nc(N3CCC(O)CC3)cnc2c1. The van der Waals surface area contributed by atoms with Crippen LogP contribution < -0.4 is 10.6 Å². The number of benzene rings is 1. The molecular weight excluding hydrogens is 228 g/mol. The van der Waals surface area contributed by atoms with E-state index in [1.807, 2.05) is 18.2 Å². The number of nitrogens with two attached hydrogens (primary N) is 1. The van der Waals surface area contributed by atoms with E-state index in [4.69, 9.17) is 5.73 Å². The summed E-state index contributed by atoms with van der Waals surface area (Å²) in [5.41, 5.74) is 8.08. The molecule has 0 saturated carbocycles. The molecule has 0 spiro atoms. The summed E-state index contributed by atoms with van der Waals surface area (Å²) in [7, 11) is 0. The van der Waals surface area contributed by atoms with Gasteiger partial charge in [-0.25, -0.2) is 4.98 Å². The maximum atomic E-state index is 9.50. The summed E-state index contributed by atoms with van der Waals surface area (Å²) in [6, 6.07) is 5.55. The molecule has 18 heavy (non-hydrogen) atoms. The van der Waals surface area contributed by atoms with E-state index in [1.165, 1.54) is 0 Å². The van der Waals surface area contributed by atoms with Crippen LogP contribution in [0.4, 0.5) is 11.5 Å². The lowest BCUT2D eigenvalue weighted by atomic mass is 10.1. The summed E-state index contributed by atoms with van der Waals surface area (Å²) in [5.74, 6) is 0.874. The van der Waals surface area contributed by atoms with Gasteiger partial charge in [-0.3, -0.25) is 4.98 Å². The Morgan fingerprint density at radius 2 is 2.00 bits per heavy atom. The zero-order valence-electron chi connectivity index (χ0n) is 10.1. The Hall–Kier alpha value is -1.88. The first-order valence-corrected chi connectivity index (χ1v) is 6.18. The van der Waals surface area contributed by atoms with Crippen LogP contribution in [0.25, 0.3) is 11.0 Å². The van der Waals surface area contributed by atoms with Gasteiger partial charge >= 0.3 is 0 Å². The van der Waals surface area contributed by atoms with Crippen molar-refractivity contribution in [3.05, 3.63) is 24.4 Å². The van der Waals surface area contributed by atoms with Crippen LogP contribution in [0.2, 0.25) is 0 Å². The Balaban J connectivity index is 1.91. The second-order valence-electron chi connectivity index (χ2n) is 4.69. The van der Waals surface area contributed by atoms with E-state index in [0.29, 0.717) is 5.69 Å². The molecule has 2 aromatic rings. The van der Waals surface area contributed by atoms with Crippen molar-refractivity contribution in [2.24, 2.45) is 0 Å². The molecule has 0 bridgehead atoms. The number of nitrogen functional groups attached to an aromatic ring is 1. The van der Waals surface area contributed by atoms with Gasteiger partial charge in [-0.2, -0.15) is 0 Å². The monoisotopic (exact) mass is 244 g/mol.